The van der Waals surface area contributed by atoms with Gasteiger partial charge in [0.05, 0.1) is 0 Å². The number of carboxylic acids is 1. The standard InChI is InChI=1S/C13H16ClNO2/c1-9-6-7-15(12(9)13(16)17)8-10-2-4-11(14)5-3-10/h2-5,9,12H,6-8H2,1H3,(H,16,17). The maximum atomic E-state index is 11.2. The van der Waals surface area contributed by atoms with E-state index in [9.17, 15) is 9.90 Å². The van der Waals surface area contributed by atoms with Crippen LogP contribution in [0.3, 0.4) is 0 Å². The van der Waals surface area contributed by atoms with Gasteiger partial charge in [0, 0.05) is 11.6 Å². The molecule has 1 fully saturated rings. The van der Waals surface area contributed by atoms with Gasteiger partial charge in [-0.15, -0.1) is 0 Å². The number of likely N-dealkylation sites (tertiary alicyclic amines) is 1. The van der Waals surface area contributed by atoms with Gasteiger partial charge in [0.2, 0.25) is 0 Å². The Labute approximate surface area is 106 Å². The van der Waals surface area contributed by atoms with Crippen molar-refractivity contribution < 1.29 is 9.90 Å². The summed E-state index contributed by atoms with van der Waals surface area (Å²) in [5.41, 5.74) is 1.11. The number of hydrogen-bond donors (Lipinski definition) is 1. The van der Waals surface area contributed by atoms with E-state index >= 15 is 0 Å². The van der Waals surface area contributed by atoms with Crippen LogP contribution in [0.2, 0.25) is 5.02 Å². The minimum atomic E-state index is -0.719. The zero-order valence-electron chi connectivity index (χ0n) is 9.77. The first-order valence-corrected chi connectivity index (χ1v) is 6.17. The van der Waals surface area contributed by atoms with E-state index in [-0.39, 0.29) is 12.0 Å². The van der Waals surface area contributed by atoms with Crippen LogP contribution < -0.4 is 0 Å². The number of carbonyl (C=O) groups is 1. The van der Waals surface area contributed by atoms with Crippen LogP contribution in [0.5, 0.6) is 0 Å². The summed E-state index contributed by atoms with van der Waals surface area (Å²) in [5, 5.41) is 9.92. The molecule has 1 aliphatic rings. The van der Waals surface area contributed by atoms with Crippen LogP contribution in [0.25, 0.3) is 0 Å². The second-order valence-electron chi connectivity index (χ2n) is 4.65. The molecule has 4 heteroatoms. The quantitative estimate of drug-likeness (QED) is 0.900. The maximum Gasteiger partial charge on any atom is 0.321 e. The summed E-state index contributed by atoms with van der Waals surface area (Å²) >= 11 is 5.82. The van der Waals surface area contributed by atoms with Crippen LogP contribution in [0.15, 0.2) is 24.3 Å². The third-order valence-electron chi connectivity index (χ3n) is 3.36. The molecule has 2 rings (SSSR count). The van der Waals surface area contributed by atoms with Gasteiger partial charge in [-0.25, -0.2) is 0 Å². The minimum absolute atomic E-state index is 0.222. The molecule has 0 saturated carbocycles. The Hall–Kier alpha value is -1.06. The summed E-state index contributed by atoms with van der Waals surface area (Å²) in [6.07, 6.45) is 0.949. The van der Waals surface area contributed by atoms with Crippen LogP contribution in [0.1, 0.15) is 18.9 Å². The first kappa shape index (κ1) is 12.4. The molecular formula is C13H16ClNO2. The van der Waals surface area contributed by atoms with Gasteiger partial charge in [0.1, 0.15) is 6.04 Å². The molecule has 1 N–H and O–H groups in total. The van der Waals surface area contributed by atoms with Gasteiger partial charge in [-0.05, 0) is 36.6 Å². The number of nitrogens with zero attached hydrogens (tertiary/aromatic N) is 1. The predicted octanol–water partition coefficient (Wildman–Crippen LogP) is 2.63. The lowest BCUT2D eigenvalue weighted by atomic mass is 10.0. The molecule has 0 aromatic heterocycles. The third-order valence-corrected chi connectivity index (χ3v) is 3.61. The lowest BCUT2D eigenvalue weighted by Crippen LogP contribution is -2.38. The van der Waals surface area contributed by atoms with E-state index in [1.165, 1.54) is 0 Å². The first-order chi connectivity index (χ1) is 8.08. The molecule has 0 aliphatic carbocycles. The molecule has 0 spiro atoms. The van der Waals surface area contributed by atoms with Crippen molar-refractivity contribution in [2.75, 3.05) is 6.54 Å². The second kappa shape index (κ2) is 5.07. The number of halogens is 1. The topological polar surface area (TPSA) is 40.5 Å². The van der Waals surface area contributed by atoms with E-state index in [2.05, 4.69) is 0 Å². The third kappa shape index (κ3) is 2.79. The van der Waals surface area contributed by atoms with Gasteiger partial charge in [0.25, 0.3) is 0 Å². The predicted molar refractivity (Wildman–Crippen MR) is 67.1 cm³/mol. The van der Waals surface area contributed by atoms with Crippen LogP contribution in [-0.4, -0.2) is 28.6 Å². The summed E-state index contributed by atoms with van der Waals surface area (Å²) in [7, 11) is 0. The number of aliphatic carboxylic acids is 1. The van der Waals surface area contributed by atoms with Crippen molar-refractivity contribution in [2.24, 2.45) is 5.92 Å². The van der Waals surface area contributed by atoms with Crippen molar-refractivity contribution in [2.45, 2.75) is 25.9 Å². The highest BCUT2D eigenvalue weighted by Gasteiger charge is 2.36. The number of hydrogen-bond acceptors (Lipinski definition) is 2. The van der Waals surface area contributed by atoms with Crippen LogP contribution in [0, 0.1) is 5.92 Å². The molecule has 1 saturated heterocycles. The second-order valence-corrected chi connectivity index (χ2v) is 5.08. The number of carboxylic acid groups (broad SMARTS) is 1. The minimum Gasteiger partial charge on any atom is -0.480 e. The molecule has 3 nitrogen and oxygen atoms in total. The Morgan fingerprint density at radius 3 is 2.71 bits per heavy atom. The molecular weight excluding hydrogens is 238 g/mol. The van der Waals surface area contributed by atoms with E-state index < -0.39 is 5.97 Å². The van der Waals surface area contributed by atoms with Crippen molar-refractivity contribution in [3.63, 3.8) is 0 Å². The van der Waals surface area contributed by atoms with Crippen LogP contribution >= 0.6 is 11.6 Å². The molecule has 0 bridgehead atoms. The molecule has 17 heavy (non-hydrogen) atoms. The fraction of sp³-hybridized carbons (Fsp3) is 0.462. The molecule has 1 aliphatic heterocycles. The summed E-state index contributed by atoms with van der Waals surface area (Å²) in [5.74, 6) is -0.497. The van der Waals surface area contributed by atoms with Gasteiger partial charge >= 0.3 is 5.97 Å². The average molecular weight is 254 g/mol. The van der Waals surface area contributed by atoms with Gasteiger partial charge in [-0.3, -0.25) is 9.69 Å². The van der Waals surface area contributed by atoms with Crippen molar-refractivity contribution in [1.82, 2.24) is 4.90 Å². The van der Waals surface area contributed by atoms with Crippen molar-refractivity contribution >= 4 is 17.6 Å². The zero-order valence-corrected chi connectivity index (χ0v) is 10.5. The van der Waals surface area contributed by atoms with Gasteiger partial charge in [0.15, 0.2) is 0 Å². The molecule has 0 amide bonds. The van der Waals surface area contributed by atoms with E-state index in [0.29, 0.717) is 11.6 Å². The molecule has 92 valence electrons. The largest absolute Gasteiger partial charge is 0.480 e. The van der Waals surface area contributed by atoms with Gasteiger partial charge in [-0.1, -0.05) is 30.7 Å². The Morgan fingerprint density at radius 1 is 1.47 bits per heavy atom. The molecule has 0 radical (unpaired) electrons. The Balaban J connectivity index is 2.08. The first-order valence-electron chi connectivity index (χ1n) is 5.79. The van der Waals surface area contributed by atoms with E-state index in [0.717, 1.165) is 18.5 Å². The lowest BCUT2D eigenvalue weighted by Gasteiger charge is -2.23. The highest BCUT2D eigenvalue weighted by atomic mass is 35.5. The smallest absolute Gasteiger partial charge is 0.321 e. The molecule has 1 aromatic rings. The Bertz CT molecular complexity index is 404. The number of rotatable bonds is 3. The summed E-state index contributed by atoms with van der Waals surface area (Å²) in [6, 6.07) is 7.22. The lowest BCUT2D eigenvalue weighted by molar-refractivity contribution is -0.143. The molecule has 2 atom stereocenters. The van der Waals surface area contributed by atoms with Crippen molar-refractivity contribution in [3.8, 4) is 0 Å². The van der Waals surface area contributed by atoms with Gasteiger partial charge in [-0.2, -0.15) is 0 Å². The Morgan fingerprint density at radius 2 is 2.12 bits per heavy atom. The summed E-state index contributed by atoms with van der Waals surface area (Å²) in [6.45, 7) is 3.53. The monoisotopic (exact) mass is 253 g/mol. The Kier molecular flexibility index (Phi) is 3.69. The zero-order chi connectivity index (χ0) is 12.4. The highest BCUT2D eigenvalue weighted by molar-refractivity contribution is 6.30. The van der Waals surface area contributed by atoms with Crippen molar-refractivity contribution in [1.29, 1.82) is 0 Å². The van der Waals surface area contributed by atoms with Crippen LogP contribution in [-0.2, 0) is 11.3 Å². The fourth-order valence-electron chi connectivity index (χ4n) is 2.43. The maximum absolute atomic E-state index is 11.2. The molecule has 1 heterocycles. The molecule has 2 unspecified atom stereocenters. The normalized spacial score (nSPS) is 25.1. The van der Waals surface area contributed by atoms with E-state index in [1.807, 2.05) is 36.1 Å². The highest BCUT2D eigenvalue weighted by Crippen LogP contribution is 2.26. The molecule has 1 aromatic carbocycles. The average Bonchev–Trinajstić information content (AvgIpc) is 2.63. The summed E-state index contributed by atoms with van der Waals surface area (Å²) < 4.78 is 0. The van der Waals surface area contributed by atoms with Gasteiger partial charge < -0.3 is 5.11 Å². The fourth-order valence-corrected chi connectivity index (χ4v) is 2.55. The number of benzene rings is 1. The summed E-state index contributed by atoms with van der Waals surface area (Å²) in [4.78, 5) is 13.2. The van der Waals surface area contributed by atoms with Crippen molar-refractivity contribution in [3.05, 3.63) is 34.9 Å². The van der Waals surface area contributed by atoms with E-state index in [1.54, 1.807) is 0 Å². The SMILES string of the molecule is CC1CCN(Cc2ccc(Cl)cc2)C1C(=O)O. The van der Waals surface area contributed by atoms with Crippen LogP contribution in [0.4, 0.5) is 0 Å². The van der Waals surface area contributed by atoms with E-state index in [4.69, 9.17) is 11.6 Å².